The molecule has 2 aliphatic heterocycles. The molecule has 2 saturated heterocycles. The standard InChI is InChI=1S/C27H32N2O7/c1-33-20-8-5-18(6-9-20)24-23(25(30)19-7-10-21(34-2)22(17-19)35-3)26(31)27(32)29(24)12-4-11-28-13-15-36-16-14-28/h5-10,17,24,30H,4,11-16H2,1-3H3. The first-order valence-electron chi connectivity index (χ1n) is 11.9. The van der Waals surface area contributed by atoms with Crippen molar-refractivity contribution in [1.82, 2.24) is 9.80 Å². The van der Waals surface area contributed by atoms with Crippen LogP contribution < -0.4 is 14.2 Å². The maximum atomic E-state index is 13.3. The Morgan fingerprint density at radius 1 is 0.944 bits per heavy atom. The summed E-state index contributed by atoms with van der Waals surface area (Å²) >= 11 is 0. The third-order valence-corrected chi connectivity index (χ3v) is 6.61. The van der Waals surface area contributed by atoms with Gasteiger partial charge >= 0.3 is 0 Å². The van der Waals surface area contributed by atoms with Gasteiger partial charge in [0.25, 0.3) is 11.7 Å². The smallest absolute Gasteiger partial charge is 0.295 e. The van der Waals surface area contributed by atoms with Crippen molar-refractivity contribution in [3.63, 3.8) is 0 Å². The van der Waals surface area contributed by atoms with E-state index in [-0.39, 0.29) is 11.3 Å². The SMILES string of the molecule is COc1ccc(C2C(=C(O)c3ccc(OC)c(OC)c3)C(=O)C(=O)N2CCCN2CCOCC2)cc1. The van der Waals surface area contributed by atoms with Gasteiger partial charge in [-0.1, -0.05) is 12.1 Å². The summed E-state index contributed by atoms with van der Waals surface area (Å²) in [5.74, 6) is -0.0467. The van der Waals surface area contributed by atoms with E-state index in [1.807, 2.05) is 12.1 Å². The van der Waals surface area contributed by atoms with Gasteiger partial charge < -0.3 is 29.0 Å². The summed E-state index contributed by atoms with van der Waals surface area (Å²) in [4.78, 5) is 30.3. The van der Waals surface area contributed by atoms with Crippen LogP contribution in [0.1, 0.15) is 23.6 Å². The van der Waals surface area contributed by atoms with Crippen molar-refractivity contribution in [2.75, 3.05) is 60.7 Å². The zero-order valence-corrected chi connectivity index (χ0v) is 20.9. The second-order valence-corrected chi connectivity index (χ2v) is 8.64. The molecule has 9 heteroatoms. The molecule has 4 rings (SSSR count). The van der Waals surface area contributed by atoms with Gasteiger partial charge in [-0.25, -0.2) is 0 Å². The van der Waals surface area contributed by atoms with E-state index in [9.17, 15) is 14.7 Å². The van der Waals surface area contributed by atoms with Crippen LogP contribution in [0.2, 0.25) is 0 Å². The van der Waals surface area contributed by atoms with Crippen molar-refractivity contribution in [3.8, 4) is 17.2 Å². The van der Waals surface area contributed by atoms with Gasteiger partial charge in [0.05, 0.1) is 46.2 Å². The Balaban J connectivity index is 1.70. The number of carbonyl (C=O) groups excluding carboxylic acids is 2. The minimum atomic E-state index is -0.728. The van der Waals surface area contributed by atoms with Crippen LogP contribution in [0, 0.1) is 0 Å². The third kappa shape index (κ3) is 5.17. The summed E-state index contributed by atoms with van der Waals surface area (Å²) in [6.45, 7) is 4.25. The maximum absolute atomic E-state index is 13.3. The van der Waals surface area contributed by atoms with Gasteiger partial charge in [0.2, 0.25) is 0 Å². The van der Waals surface area contributed by atoms with Crippen LogP contribution in [0.4, 0.5) is 0 Å². The first kappa shape index (κ1) is 25.5. The van der Waals surface area contributed by atoms with Crippen molar-refractivity contribution in [2.24, 2.45) is 0 Å². The second kappa shape index (κ2) is 11.5. The number of likely N-dealkylation sites (tertiary alicyclic amines) is 1. The molecular formula is C27H32N2O7. The summed E-state index contributed by atoms with van der Waals surface area (Å²) in [7, 11) is 4.58. The zero-order valence-electron chi connectivity index (χ0n) is 20.9. The van der Waals surface area contributed by atoms with Gasteiger partial charge in [-0.05, 0) is 42.3 Å². The lowest BCUT2D eigenvalue weighted by Crippen LogP contribution is -2.38. The molecule has 1 amide bonds. The summed E-state index contributed by atoms with van der Waals surface area (Å²) in [6, 6.07) is 11.3. The molecule has 1 N–H and O–H groups in total. The fraction of sp³-hybridized carbons (Fsp3) is 0.407. The van der Waals surface area contributed by atoms with E-state index >= 15 is 0 Å². The van der Waals surface area contributed by atoms with Gasteiger partial charge in [-0.3, -0.25) is 14.5 Å². The molecule has 0 aromatic heterocycles. The molecule has 0 spiro atoms. The Bertz CT molecular complexity index is 1120. The Morgan fingerprint density at radius 3 is 2.28 bits per heavy atom. The molecule has 9 nitrogen and oxygen atoms in total. The Kier molecular flexibility index (Phi) is 8.12. The molecule has 2 aromatic rings. The van der Waals surface area contributed by atoms with E-state index in [0.717, 1.165) is 19.6 Å². The number of morpholine rings is 1. The zero-order chi connectivity index (χ0) is 25.7. The molecule has 2 fully saturated rings. The van der Waals surface area contributed by atoms with Crippen molar-refractivity contribution in [3.05, 3.63) is 59.2 Å². The van der Waals surface area contributed by atoms with E-state index in [2.05, 4.69) is 4.90 Å². The van der Waals surface area contributed by atoms with Gasteiger partial charge in [-0.2, -0.15) is 0 Å². The number of benzene rings is 2. The average molecular weight is 497 g/mol. The van der Waals surface area contributed by atoms with E-state index < -0.39 is 17.7 Å². The van der Waals surface area contributed by atoms with Crippen LogP contribution in [0.5, 0.6) is 17.2 Å². The number of ether oxygens (including phenoxy) is 4. The van der Waals surface area contributed by atoms with Crippen LogP contribution in [-0.2, 0) is 14.3 Å². The number of methoxy groups -OCH3 is 3. The van der Waals surface area contributed by atoms with E-state index in [4.69, 9.17) is 18.9 Å². The molecule has 2 heterocycles. The molecule has 0 aliphatic carbocycles. The number of hydrogen-bond donors (Lipinski definition) is 1. The number of ketones is 1. The largest absolute Gasteiger partial charge is 0.507 e. The van der Waals surface area contributed by atoms with Crippen molar-refractivity contribution >= 4 is 17.4 Å². The molecule has 0 bridgehead atoms. The van der Waals surface area contributed by atoms with Crippen LogP contribution in [0.15, 0.2) is 48.0 Å². The molecular weight excluding hydrogens is 464 g/mol. The van der Waals surface area contributed by atoms with Gasteiger partial charge in [0, 0.05) is 31.7 Å². The summed E-state index contributed by atoms with van der Waals surface area (Å²) < 4.78 is 21.3. The number of rotatable bonds is 9. The Hall–Kier alpha value is -3.56. The van der Waals surface area contributed by atoms with E-state index in [1.165, 1.54) is 14.2 Å². The fourth-order valence-corrected chi connectivity index (χ4v) is 4.67. The van der Waals surface area contributed by atoms with Crippen molar-refractivity contribution in [2.45, 2.75) is 12.5 Å². The number of aliphatic hydroxyl groups excluding tert-OH is 1. The minimum absolute atomic E-state index is 0.0451. The highest BCUT2D eigenvalue weighted by atomic mass is 16.5. The first-order chi connectivity index (χ1) is 17.5. The number of carbonyl (C=O) groups is 2. The number of nitrogens with zero attached hydrogens (tertiary/aromatic N) is 2. The maximum Gasteiger partial charge on any atom is 0.295 e. The Labute approximate surface area is 210 Å². The highest BCUT2D eigenvalue weighted by molar-refractivity contribution is 6.46. The van der Waals surface area contributed by atoms with Crippen molar-refractivity contribution in [1.29, 1.82) is 0 Å². The lowest BCUT2D eigenvalue weighted by atomic mass is 9.95. The molecule has 2 aliphatic rings. The second-order valence-electron chi connectivity index (χ2n) is 8.64. The fourth-order valence-electron chi connectivity index (χ4n) is 4.67. The predicted octanol–water partition coefficient (Wildman–Crippen LogP) is 2.86. The first-order valence-corrected chi connectivity index (χ1v) is 11.9. The third-order valence-electron chi connectivity index (χ3n) is 6.61. The van der Waals surface area contributed by atoms with Crippen LogP contribution >= 0.6 is 0 Å². The van der Waals surface area contributed by atoms with E-state index in [1.54, 1.807) is 42.3 Å². The number of Topliss-reactive ketones (excluding diaryl/α,β-unsaturated/α-hetero) is 1. The summed E-state index contributed by atoms with van der Waals surface area (Å²) in [5.41, 5.74) is 1.12. The quantitative estimate of drug-likeness (QED) is 0.322. The Morgan fingerprint density at radius 2 is 1.64 bits per heavy atom. The number of amides is 1. The van der Waals surface area contributed by atoms with Crippen LogP contribution in [-0.4, -0.2) is 87.3 Å². The monoisotopic (exact) mass is 496 g/mol. The normalized spacial score (nSPS) is 20.0. The molecule has 2 aromatic carbocycles. The van der Waals surface area contributed by atoms with Crippen LogP contribution in [0.25, 0.3) is 5.76 Å². The topological polar surface area (TPSA) is 97.8 Å². The summed E-state index contributed by atoms with van der Waals surface area (Å²) in [5, 5.41) is 11.3. The molecule has 0 saturated carbocycles. The number of aliphatic hydroxyl groups is 1. The minimum Gasteiger partial charge on any atom is -0.507 e. The number of hydrogen-bond acceptors (Lipinski definition) is 8. The molecule has 0 radical (unpaired) electrons. The molecule has 192 valence electrons. The molecule has 1 unspecified atom stereocenters. The lowest BCUT2D eigenvalue weighted by molar-refractivity contribution is -0.140. The van der Waals surface area contributed by atoms with Gasteiger partial charge in [0.1, 0.15) is 11.5 Å². The molecule has 1 atom stereocenters. The van der Waals surface area contributed by atoms with E-state index in [0.29, 0.717) is 54.6 Å². The highest BCUT2D eigenvalue weighted by Crippen LogP contribution is 2.41. The highest BCUT2D eigenvalue weighted by Gasteiger charge is 2.45. The van der Waals surface area contributed by atoms with Crippen molar-refractivity contribution < 1.29 is 33.6 Å². The average Bonchev–Trinajstić information content (AvgIpc) is 3.18. The lowest BCUT2D eigenvalue weighted by Gasteiger charge is -2.29. The molecule has 36 heavy (non-hydrogen) atoms. The summed E-state index contributed by atoms with van der Waals surface area (Å²) in [6.07, 6.45) is 0.691. The van der Waals surface area contributed by atoms with Crippen LogP contribution in [0.3, 0.4) is 0 Å². The van der Waals surface area contributed by atoms with Gasteiger partial charge in [0.15, 0.2) is 11.5 Å². The predicted molar refractivity (Wildman–Crippen MR) is 133 cm³/mol. The van der Waals surface area contributed by atoms with Gasteiger partial charge in [-0.15, -0.1) is 0 Å².